The summed E-state index contributed by atoms with van der Waals surface area (Å²) in [4.78, 5) is 4.85. The monoisotopic (exact) mass is 362 g/mol. The molecule has 2 atom stereocenters. The quantitative estimate of drug-likeness (QED) is 0.687. The van der Waals surface area contributed by atoms with Crippen LogP contribution in [0.1, 0.15) is 30.5 Å². The molecular formula is C25H34N2. The predicted octanol–water partition coefficient (Wildman–Crippen LogP) is 4.96. The van der Waals surface area contributed by atoms with Crippen molar-refractivity contribution in [3.63, 3.8) is 0 Å². The van der Waals surface area contributed by atoms with Crippen LogP contribution < -0.4 is 0 Å². The van der Waals surface area contributed by atoms with Crippen LogP contribution >= 0.6 is 0 Å². The zero-order valence-corrected chi connectivity index (χ0v) is 17.4. The van der Waals surface area contributed by atoms with Gasteiger partial charge in [0.2, 0.25) is 0 Å². The van der Waals surface area contributed by atoms with Crippen LogP contribution in [-0.2, 0) is 13.0 Å². The number of hydrogen-bond donors (Lipinski definition) is 0. The van der Waals surface area contributed by atoms with Gasteiger partial charge < -0.3 is 4.90 Å². The molecule has 3 rings (SSSR count). The van der Waals surface area contributed by atoms with Gasteiger partial charge in [-0.05, 0) is 55.6 Å². The van der Waals surface area contributed by atoms with E-state index in [1.807, 2.05) is 0 Å². The van der Waals surface area contributed by atoms with Gasteiger partial charge in [-0.1, -0.05) is 67.6 Å². The lowest BCUT2D eigenvalue weighted by Crippen LogP contribution is -2.20. The summed E-state index contributed by atoms with van der Waals surface area (Å²) in [7, 11) is 4.27. The van der Waals surface area contributed by atoms with Crippen LogP contribution in [0, 0.1) is 11.8 Å². The molecule has 0 bridgehead atoms. The highest BCUT2D eigenvalue weighted by Crippen LogP contribution is 2.35. The van der Waals surface area contributed by atoms with Gasteiger partial charge in [0.15, 0.2) is 0 Å². The molecule has 2 unspecified atom stereocenters. The molecule has 1 fully saturated rings. The van der Waals surface area contributed by atoms with E-state index in [0.717, 1.165) is 26.1 Å². The fourth-order valence-electron chi connectivity index (χ4n) is 4.25. The Balaban J connectivity index is 1.66. The van der Waals surface area contributed by atoms with Gasteiger partial charge in [-0.25, -0.2) is 0 Å². The van der Waals surface area contributed by atoms with Crippen LogP contribution in [0.4, 0.5) is 0 Å². The van der Waals surface area contributed by atoms with E-state index in [2.05, 4.69) is 98.4 Å². The summed E-state index contributed by atoms with van der Waals surface area (Å²) in [6.07, 6.45) is 3.45. The minimum absolute atomic E-state index is 0.617. The first-order chi connectivity index (χ1) is 13.1. The lowest BCUT2D eigenvalue weighted by Gasteiger charge is -2.20. The SMILES string of the molecule is C/C=C(/c1ccc(CCN(C)C)cc1)C1CN(Cc2ccccc2)CC1C. The Hall–Kier alpha value is -1.90. The van der Waals surface area contributed by atoms with Gasteiger partial charge in [-0.3, -0.25) is 4.90 Å². The smallest absolute Gasteiger partial charge is 0.0234 e. The fraction of sp³-hybridized carbons (Fsp3) is 0.440. The summed E-state index contributed by atoms with van der Waals surface area (Å²) < 4.78 is 0. The maximum atomic E-state index is 2.61. The average molecular weight is 363 g/mol. The molecule has 2 aromatic carbocycles. The van der Waals surface area contributed by atoms with E-state index >= 15 is 0 Å². The molecule has 1 heterocycles. The van der Waals surface area contributed by atoms with Crippen molar-refractivity contribution in [2.24, 2.45) is 11.8 Å². The summed E-state index contributed by atoms with van der Waals surface area (Å²) in [5.74, 6) is 1.31. The van der Waals surface area contributed by atoms with E-state index in [1.165, 1.54) is 28.8 Å². The van der Waals surface area contributed by atoms with Crippen LogP contribution in [-0.4, -0.2) is 43.5 Å². The Morgan fingerprint density at radius 3 is 2.33 bits per heavy atom. The van der Waals surface area contributed by atoms with Crippen molar-refractivity contribution in [2.45, 2.75) is 26.8 Å². The maximum Gasteiger partial charge on any atom is 0.0234 e. The Bertz CT molecular complexity index is 731. The summed E-state index contributed by atoms with van der Waals surface area (Å²) in [5, 5.41) is 0. The van der Waals surface area contributed by atoms with E-state index in [9.17, 15) is 0 Å². The molecule has 1 aliphatic rings. The number of hydrogen-bond acceptors (Lipinski definition) is 2. The van der Waals surface area contributed by atoms with Crippen LogP contribution in [0.25, 0.3) is 5.57 Å². The highest BCUT2D eigenvalue weighted by atomic mass is 15.1. The highest BCUT2D eigenvalue weighted by Gasteiger charge is 2.32. The third-order valence-electron chi connectivity index (χ3n) is 5.78. The van der Waals surface area contributed by atoms with Crippen molar-refractivity contribution < 1.29 is 0 Å². The van der Waals surface area contributed by atoms with Crippen LogP contribution in [0.15, 0.2) is 60.7 Å². The number of nitrogens with zero attached hydrogens (tertiary/aromatic N) is 2. The lowest BCUT2D eigenvalue weighted by molar-refractivity contribution is 0.318. The van der Waals surface area contributed by atoms with Crippen molar-refractivity contribution in [1.82, 2.24) is 9.80 Å². The first-order valence-electron chi connectivity index (χ1n) is 10.2. The molecule has 2 aromatic rings. The van der Waals surface area contributed by atoms with E-state index in [0.29, 0.717) is 11.8 Å². The molecule has 1 saturated heterocycles. The Kier molecular flexibility index (Phi) is 6.87. The molecule has 0 saturated carbocycles. The van der Waals surface area contributed by atoms with Crippen molar-refractivity contribution in [1.29, 1.82) is 0 Å². The van der Waals surface area contributed by atoms with Gasteiger partial charge in [-0.2, -0.15) is 0 Å². The lowest BCUT2D eigenvalue weighted by atomic mass is 9.85. The summed E-state index contributed by atoms with van der Waals surface area (Å²) >= 11 is 0. The van der Waals surface area contributed by atoms with Crippen LogP contribution in [0.5, 0.6) is 0 Å². The summed E-state index contributed by atoms with van der Waals surface area (Å²) in [6.45, 7) is 9.09. The van der Waals surface area contributed by atoms with Crippen molar-refractivity contribution in [2.75, 3.05) is 33.7 Å². The number of benzene rings is 2. The molecule has 2 nitrogen and oxygen atoms in total. The van der Waals surface area contributed by atoms with Crippen molar-refractivity contribution in [3.05, 3.63) is 77.4 Å². The zero-order valence-electron chi connectivity index (χ0n) is 17.4. The molecular weight excluding hydrogens is 328 g/mol. The third-order valence-corrected chi connectivity index (χ3v) is 5.78. The topological polar surface area (TPSA) is 6.48 Å². The van der Waals surface area contributed by atoms with E-state index < -0.39 is 0 Å². The summed E-state index contributed by atoms with van der Waals surface area (Å²) in [5.41, 5.74) is 5.74. The van der Waals surface area contributed by atoms with Gasteiger partial charge in [0.1, 0.15) is 0 Å². The minimum atomic E-state index is 0.617. The average Bonchev–Trinajstić information content (AvgIpc) is 3.02. The molecule has 0 radical (unpaired) electrons. The maximum absolute atomic E-state index is 2.61. The van der Waals surface area contributed by atoms with Crippen molar-refractivity contribution in [3.8, 4) is 0 Å². The molecule has 0 aliphatic carbocycles. The third kappa shape index (κ3) is 5.31. The fourth-order valence-corrected chi connectivity index (χ4v) is 4.25. The standard InChI is InChI=1S/C25H34N2/c1-5-24(23-13-11-21(12-14-23)15-16-26(3)4)25-19-27(17-20(25)2)18-22-9-7-6-8-10-22/h5-14,20,25H,15-19H2,1-4H3/b24-5-. The molecule has 0 aromatic heterocycles. The van der Waals surface area contributed by atoms with Gasteiger partial charge in [0.25, 0.3) is 0 Å². The number of likely N-dealkylation sites (tertiary alicyclic amines) is 1. The van der Waals surface area contributed by atoms with Gasteiger partial charge in [-0.15, -0.1) is 0 Å². The van der Waals surface area contributed by atoms with E-state index in [-0.39, 0.29) is 0 Å². The number of allylic oxidation sites excluding steroid dienone is 1. The second-order valence-corrected chi connectivity index (χ2v) is 8.26. The molecule has 0 amide bonds. The van der Waals surface area contributed by atoms with Crippen LogP contribution in [0.3, 0.4) is 0 Å². The number of rotatable bonds is 7. The molecule has 0 N–H and O–H groups in total. The molecule has 1 aliphatic heterocycles. The Morgan fingerprint density at radius 2 is 1.70 bits per heavy atom. The molecule has 0 spiro atoms. The van der Waals surface area contributed by atoms with Gasteiger partial charge in [0, 0.05) is 32.1 Å². The first-order valence-corrected chi connectivity index (χ1v) is 10.2. The highest BCUT2D eigenvalue weighted by molar-refractivity contribution is 5.68. The second-order valence-electron chi connectivity index (χ2n) is 8.26. The Labute approximate surface area is 165 Å². The van der Waals surface area contributed by atoms with Gasteiger partial charge >= 0.3 is 0 Å². The molecule has 27 heavy (non-hydrogen) atoms. The number of likely N-dealkylation sites (N-methyl/N-ethyl adjacent to an activating group) is 1. The molecule has 2 heteroatoms. The van der Waals surface area contributed by atoms with E-state index in [4.69, 9.17) is 0 Å². The minimum Gasteiger partial charge on any atom is -0.309 e. The normalized spacial score (nSPS) is 21.1. The second kappa shape index (κ2) is 9.34. The predicted molar refractivity (Wildman–Crippen MR) is 117 cm³/mol. The van der Waals surface area contributed by atoms with Crippen molar-refractivity contribution >= 4 is 5.57 Å². The first kappa shape index (κ1) is 19.9. The Morgan fingerprint density at radius 1 is 1.00 bits per heavy atom. The van der Waals surface area contributed by atoms with Gasteiger partial charge in [0.05, 0.1) is 0 Å². The van der Waals surface area contributed by atoms with E-state index in [1.54, 1.807) is 0 Å². The molecule has 144 valence electrons. The zero-order chi connectivity index (χ0) is 19.2. The largest absolute Gasteiger partial charge is 0.309 e. The summed E-state index contributed by atoms with van der Waals surface area (Å²) in [6, 6.07) is 20.1. The van der Waals surface area contributed by atoms with Crippen LogP contribution in [0.2, 0.25) is 0 Å².